The van der Waals surface area contributed by atoms with Gasteiger partial charge in [0.2, 0.25) is 0 Å². The summed E-state index contributed by atoms with van der Waals surface area (Å²) in [6.45, 7) is 6.16. The van der Waals surface area contributed by atoms with Crippen molar-refractivity contribution < 1.29 is 9.59 Å². The molecule has 1 aliphatic heterocycles. The average Bonchev–Trinajstić information content (AvgIpc) is 2.81. The van der Waals surface area contributed by atoms with E-state index < -0.39 is 0 Å². The van der Waals surface area contributed by atoms with Crippen LogP contribution in [0.1, 0.15) is 23.6 Å². The molecule has 1 aliphatic rings. The van der Waals surface area contributed by atoms with E-state index >= 15 is 0 Å². The Morgan fingerprint density at radius 3 is 2.29 bits per heavy atom. The molecular weight excluding hydrogens is 300 g/mol. The van der Waals surface area contributed by atoms with Gasteiger partial charge in [-0.05, 0) is 38.0 Å². The Kier molecular flexibility index (Phi) is 4.21. The van der Waals surface area contributed by atoms with Gasteiger partial charge in [0, 0.05) is 12.2 Å². The minimum atomic E-state index is -0.277. The van der Waals surface area contributed by atoms with Gasteiger partial charge in [-0.2, -0.15) is 0 Å². The van der Waals surface area contributed by atoms with E-state index in [1.807, 2.05) is 62.4 Å². The summed E-state index contributed by atoms with van der Waals surface area (Å²) in [6.07, 6.45) is 0. The summed E-state index contributed by atoms with van der Waals surface area (Å²) in [5.41, 5.74) is 4.55. The third-order valence-electron chi connectivity index (χ3n) is 4.19. The van der Waals surface area contributed by atoms with E-state index in [1.54, 1.807) is 6.92 Å². The Labute approximate surface area is 141 Å². The molecule has 0 unspecified atom stereocenters. The van der Waals surface area contributed by atoms with Crippen molar-refractivity contribution in [1.82, 2.24) is 4.90 Å². The number of nitrogens with one attached hydrogen (secondary N) is 1. The molecule has 4 nitrogen and oxygen atoms in total. The molecule has 0 bridgehead atoms. The van der Waals surface area contributed by atoms with Crippen LogP contribution in [0.4, 0.5) is 5.69 Å². The van der Waals surface area contributed by atoms with Crippen LogP contribution in [0.5, 0.6) is 0 Å². The summed E-state index contributed by atoms with van der Waals surface area (Å²) in [6, 6.07) is 15.3. The van der Waals surface area contributed by atoms with E-state index in [2.05, 4.69) is 5.32 Å². The quantitative estimate of drug-likeness (QED) is 0.877. The summed E-state index contributed by atoms with van der Waals surface area (Å²) >= 11 is 0. The van der Waals surface area contributed by atoms with Gasteiger partial charge in [-0.15, -0.1) is 0 Å². The number of benzene rings is 2. The number of hydrogen-bond donors (Lipinski definition) is 1. The Bertz CT molecular complexity index is 838. The van der Waals surface area contributed by atoms with Crippen molar-refractivity contribution >= 4 is 23.1 Å². The fourth-order valence-corrected chi connectivity index (χ4v) is 2.94. The van der Waals surface area contributed by atoms with Crippen molar-refractivity contribution in [3.05, 3.63) is 70.9 Å². The molecule has 0 saturated carbocycles. The van der Waals surface area contributed by atoms with Crippen molar-refractivity contribution in [3.63, 3.8) is 0 Å². The summed E-state index contributed by atoms with van der Waals surface area (Å²) < 4.78 is 0. The second-order valence-corrected chi connectivity index (χ2v) is 5.91. The molecule has 0 fully saturated rings. The van der Waals surface area contributed by atoms with Crippen LogP contribution in [0.15, 0.2) is 54.2 Å². The number of rotatable bonds is 4. The first kappa shape index (κ1) is 16.0. The highest BCUT2D eigenvalue weighted by Crippen LogP contribution is 2.31. The van der Waals surface area contributed by atoms with Crippen LogP contribution < -0.4 is 5.32 Å². The van der Waals surface area contributed by atoms with E-state index in [4.69, 9.17) is 0 Å². The number of likely N-dealkylation sites (N-methyl/N-ethyl adjacent to an activating group) is 1. The number of carbonyl (C=O) groups is 2. The highest BCUT2D eigenvalue weighted by Gasteiger charge is 2.38. The second kappa shape index (κ2) is 6.32. The van der Waals surface area contributed by atoms with E-state index in [9.17, 15) is 9.59 Å². The number of imide groups is 1. The van der Waals surface area contributed by atoms with Crippen molar-refractivity contribution in [2.24, 2.45) is 0 Å². The lowest BCUT2D eigenvalue weighted by atomic mass is 10.0. The zero-order valence-electron chi connectivity index (χ0n) is 14.1. The van der Waals surface area contributed by atoms with E-state index in [1.165, 1.54) is 4.90 Å². The minimum absolute atomic E-state index is 0.249. The SMILES string of the molecule is CCN1C(=O)C(Nc2ccc(C)cc2C)=C(c2ccccc2)C1=O. The van der Waals surface area contributed by atoms with Crippen LogP contribution in [-0.2, 0) is 9.59 Å². The normalized spacial score (nSPS) is 14.5. The number of aryl methyl sites for hydroxylation is 2. The zero-order valence-corrected chi connectivity index (χ0v) is 14.1. The van der Waals surface area contributed by atoms with Crippen LogP contribution in [0.3, 0.4) is 0 Å². The highest BCUT2D eigenvalue weighted by molar-refractivity contribution is 6.36. The Morgan fingerprint density at radius 1 is 0.958 bits per heavy atom. The van der Waals surface area contributed by atoms with Crippen LogP contribution in [0.2, 0.25) is 0 Å². The molecule has 1 heterocycles. The van der Waals surface area contributed by atoms with Crippen LogP contribution in [0, 0.1) is 13.8 Å². The fraction of sp³-hybridized carbons (Fsp3) is 0.200. The van der Waals surface area contributed by atoms with Crippen molar-refractivity contribution in [1.29, 1.82) is 0 Å². The van der Waals surface area contributed by atoms with Gasteiger partial charge in [0.1, 0.15) is 5.70 Å². The van der Waals surface area contributed by atoms with Crippen LogP contribution >= 0.6 is 0 Å². The molecule has 0 spiro atoms. The molecule has 0 saturated heterocycles. The number of nitrogens with zero attached hydrogens (tertiary/aromatic N) is 1. The van der Waals surface area contributed by atoms with Gasteiger partial charge in [-0.3, -0.25) is 14.5 Å². The Morgan fingerprint density at radius 2 is 1.67 bits per heavy atom. The van der Waals surface area contributed by atoms with Crippen molar-refractivity contribution in [3.8, 4) is 0 Å². The van der Waals surface area contributed by atoms with Gasteiger partial charge < -0.3 is 5.32 Å². The minimum Gasteiger partial charge on any atom is -0.350 e. The Balaban J connectivity index is 2.10. The number of hydrogen-bond acceptors (Lipinski definition) is 3. The molecule has 2 amide bonds. The monoisotopic (exact) mass is 320 g/mol. The average molecular weight is 320 g/mol. The fourth-order valence-electron chi connectivity index (χ4n) is 2.94. The third-order valence-corrected chi connectivity index (χ3v) is 4.19. The maximum absolute atomic E-state index is 12.7. The molecule has 0 aliphatic carbocycles. The predicted molar refractivity (Wildman–Crippen MR) is 95.3 cm³/mol. The number of amides is 2. The Hall–Kier alpha value is -2.88. The summed E-state index contributed by atoms with van der Waals surface area (Å²) in [4.78, 5) is 26.7. The summed E-state index contributed by atoms with van der Waals surface area (Å²) in [5.74, 6) is -0.526. The number of carbonyl (C=O) groups excluding carboxylic acids is 2. The van der Waals surface area contributed by atoms with Gasteiger partial charge in [0.15, 0.2) is 0 Å². The molecule has 122 valence electrons. The lowest BCUT2D eigenvalue weighted by Gasteiger charge is -2.13. The van der Waals surface area contributed by atoms with E-state index in [-0.39, 0.29) is 11.8 Å². The lowest BCUT2D eigenvalue weighted by Crippen LogP contribution is -2.32. The molecule has 3 rings (SSSR count). The topological polar surface area (TPSA) is 49.4 Å². The molecular formula is C20H20N2O2. The van der Waals surface area contributed by atoms with Gasteiger partial charge in [-0.1, -0.05) is 48.0 Å². The van der Waals surface area contributed by atoms with Gasteiger partial charge >= 0.3 is 0 Å². The van der Waals surface area contributed by atoms with Gasteiger partial charge in [0.25, 0.3) is 11.8 Å². The lowest BCUT2D eigenvalue weighted by molar-refractivity contribution is -0.136. The molecule has 0 aromatic heterocycles. The molecule has 0 radical (unpaired) electrons. The molecule has 1 N–H and O–H groups in total. The molecule has 4 heteroatoms. The molecule has 2 aromatic rings. The summed E-state index contributed by atoms with van der Waals surface area (Å²) in [7, 11) is 0. The molecule has 2 aromatic carbocycles. The molecule has 24 heavy (non-hydrogen) atoms. The van der Waals surface area contributed by atoms with Gasteiger partial charge in [0.05, 0.1) is 5.57 Å². The van der Waals surface area contributed by atoms with Crippen molar-refractivity contribution in [2.45, 2.75) is 20.8 Å². The largest absolute Gasteiger partial charge is 0.350 e. The van der Waals surface area contributed by atoms with E-state index in [0.29, 0.717) is 17.8 Å². The maximum atomic E-state index is 12.7. The van der Waals surface area contributed by atoms with Crippen LogP contribution in [-0.4, -0.2) is 23.3 Å². The second-order valence-electron chi connectivity index (χ2n) is 5.91. The third kappa shape index (κ3) is 2.71. The van der Waals surface area contributed by atoms with Crippen molar-refractivity contribution in [2.75, 3.05) is 11.9 Å². The first-order chi connectivity index (χ1) is 11.5. The maximum Gasteiger partial charge on any atom is 0.278 e. The highest BCUT2D eigenvalue weighted by atomic mass is 16.2. The van der Waals surface area contributed by atoms with Crippen LogP contribution in [0.25, 0.3) is 5.57 Å². The first-order valence-electron chi connectivity index (χ1n) is 8.03. The smallest absolute Gasteiger partial charge is 0.278 e. The molecule has 0 atom stereocenters. The summed E-state index contributed by atoms with van der Waals surface area (Å²) in [5, 5.41) is 3.20. The van der Waals surface area contributed by atoms with E-state index in [0.717, 1.165) is 22.4 Å². The number of anilines is 1. The van der Waals surface area contributed by atoms with Gasteiger partial charge in [-0.25, -0.2) is 0 Å². The first-order valence-corrected chi connectivity index (χ1v) is 8.03. The predicted octanol–water partition coefficient (Wildman–Crippen LogP) is 3.52. The standard InChI is InChI=1S/C20H20N2O2/c1-4-22-19(23)17(15-8-6-5-7-9-15)18(20(22)24)21-16-11-10-13(2)12-14(16)3/h5-12,21H,4H2,1-3H3. The zero-order chi connectivity index (χ0) is 17.3.